The van der Waals surface area contributed by atoms with E-state index in [4.69, 9.17) is 16.9 Å². The van der Waals surface area contributed by atoms with Gasteiger partial charge in [0.05, 0.1) is 22.7 Å². The molecular formula is C8H4ClF2IN2. The summed E-state index contributed by atoms with van der Waals surface area (Å²) in [5.74, 6) is 0.0592. The van der Waals surface area contributed by atoms with Crippen molar-refractivity contribution in [2.24, 2.45) is 0 Å². The molecule has 0 aliphatic heterocycles. The lowest BCUT2D eigenvalue weighted by molar-refractivity contribution is 0.150. The maximum atomic E-state index is 12.6. The average molecular weight is 328 g/mol. The van der Waals surface area contributed by atoms with Crippen LogP contribution in [0.15, 0.2) is 6.20 Å². The summed E-state index contributed by atoms with van der Waals surface area (Å²) in [6, 6.07) is 1.68. The Hall–Kier alpha value is -0.480. The van der Waals surface area contributed by atoms with E-state index in [2.05, 4.69) is 4.98 Å². The Morgan fingerprint density at radius 2 is 2.29 bits per heavy atom. The Kier molecular flexibility index (Phi) is 4.01. The molecule has 1 rings (SSSR count). The zero-order chi connectivity index (χ0) is 10.7. The van der Waals surface area contributed by atoms with Crippen LogP contribution in [0, 0.1) is 14.9 Å². The fraction of sp³-hybridized carbons (Fsp3) is 0.250. The normalized spacial score (nSPS) is 10.3. The minimum Gasteiger partial charge on any atom is -0.258 e. The lowest BCUT2D eigenvalue weighted by Gasteiger charge is -2.07. The highest BCUT2D eigenvalue weighted by Crippen LogP contribution is 2.29. The number of hydrogen-bond donors (Lipinski definition) is 0. The number of rotatable bonds is 2. The smallest absolute Gasteiger partial charge is 0.258 e. The monoisotopic (exact) mass is 328 g/mol. The van der Waals surface area contributed by atoms with Crippen molar-refractivity contribution in [1.82, 2.24) is 4.98 Å². The highest BCUT2D eigenvalue weighted by Gasteiger charge is 2.19. The van der Waals surface area contributed by atoms with Crippen molar-refractivity contribution < 1.29 is 8.78 Å². The quantitative estimate of drug-likeness (QED) is 0.617. The highest BCUT2D eigenvalue weighted by atomic mass is 127. The molecule has 0 amide bonds. The average Bonchev–Trinajstić information content (AvgIpc) is 2.16. The van der Waals surface area contributed by atoms with Crippen LogP contribution in [0.1, 0.15) is 23.2 Å². The summed E-state index contributed by atoms with van der Waals surface area (Å²) in [6.45, 7) is 0. The predicted molar refractivity (Wildman–Crippen MR) is 56.2 cm³/mol. The third kappa shape index (κ3) is 2.12. The molecule has 0 spiro atoms. The number of nitrogens with zero attached hydrogens (tertiary/aromatic N) is 2. The molecule has 1 aromatic heterocycles. The van der Waals surface area contributed by atoms with Gasteiger partial charge in [0.1, 0.15) is 6.07 Å². The first-order chi connectivity index (χ1) is 6.61. The summed E-state index contributed by atoms with van der Waals surface area (Å²) >= 11 is 7.24. The summed E-state index contributed by atoms with van der Waals surface area (Å²) in [6.07, 6.45) is -1.55. The second-order valence-electron chi connectivity index (χ2n) is 2.39. The van der Waals surface area contributed by atoms with E-state index in [0.717, 1.165) is 6.20 Å². The van der Waals surface area contributed by atoms with E-state index in [1.165, 1.54) is 0 Å². The van der Waals surface area contributed by atoms with Crippen molar-refractivity contribution in [3.63, 3.8) is 0 Å². The van der Waals surface area contributed by atoms with E-state index in [0.29, 0.717) is 5.69 Å². The van der Waals surface area contributed by atoms with Crippen LogP contribution in [0.5, 0.6) is 0 Å². The standard InChI is InChI=1S/C8H4ClF2IN2/c9-1-5-7(12)6(8(10)11)4(2-13)3-14-5/h3,8H,1H2. The van der Waals surface area contributed by atoms with Gasteiger partial charge in [-0.25, -0.2) is 8.78 Å². The molecule has 0 N–H and O–H groups in total. The third-order valence-corrected chi connectivity index (χ3v) is 3.05. The van der Waals surface area contributed by atoms with E-state index in [1.807, 2.05) is 0 Å². The molecule has 0 atom stereocenters. The van der Waals surface area contributed by atoms with Gasteiger partial charge in [0, 0.05) is 9.77 Å². The molecule has 0 saturated heterocycles. The number of pyridine rings is 1. The van der Waals surface area contributed by atoms with Crippen molar-refractivity contribution in [2.45, 2.75) is 12.3 Å². The Balaban J connectivity index is 3.41. The molecule has 1 heterocycles. The summed E-state index contributed by atoms with van der Waals surface area (Å²) in [5.41, 5.74) is -0.00131. The molecule has 74 valence electrons. The van der Waals surface area contributed by atoms with Gasteiger partial charge in [-0.05, 0) is 22.6 Å². The Labute approximate surface area is 98.0 Å². The number of halogens is 4. The molecule has 0 aliphatic carbocycles. The molecule has 0 aliphatic rings. The van der Waals surface area contributed by atoms with E-state index >= 15 is 0 Å². The Morgan fingerprint density at radius 1 is 1.64 bits per heavy atom. The maximum absolute atomic E-state index is 12.6. The van der Waals surface area contributed by atoms with Crippen molar-refractivity contribution in [2.75, 3.05) is 0 Å². The Morgan fingerprint density at radius 3 is 2.71 bits per heavy atom. The third-order valence-electron chi connectivity index (χ3n) is 1.59. The van der Waals surface area contributed by atoms with E-state index in [9.17, 15) is 8.78 Å². The second kappa shape index (κ2) is 4.84. The molecule has 2 nitrogen and oxygen atoms in total. The lowest BCUT2D eigenvalue weighted by atomic mass is 10.1. The van der Waals surface area contributed by atoms with Crippen molar-refractivity contribution >= 4 is 34.2 Å². The number of hydrogen-bond acceptors (Lipinski definition) is 2. The molecular weight excluding hydrogens is 324 g/mol. The van der Waals surface area contributed by atoms with Crippen molar-refractivity contribution in [1.29, 1.82) is 5.26 Å². The summed E-state index contributed by atoms with van der Waals surface area (Å²) in [5, 5.41) is 8.60. The predicted octanol–water partition coefficient (Wildman–Crippen LogP) is 3.23. The first-order valence-corrected chi connectivity index (χ1v) is 5.14. The maximum Gasteiger partial charge on any atom is 0.266 e. The number of alkyl halides is 3. The van der Waals surface area contributed by atoms with Gasteiger partial charge in [-0.2, -0.15) is 5.26 Å². The minimum atomic E-state index is -2.68. The first-order valence-electron chi connectivity index (χ1n) is 3.53. The van der Waals surface area contributed by atoms with Gasteiger partial charge in [0.2, 0.25) is 0 Å². The lowest BCUT2D eigenvalue weighted by Crippen LogP contribution is -2.01. The van der Waals surface area contributed by atoms with Gasteiger partial charge in [0.25, 0.3) is 6.43 Å². The van der Waals surface area contributed by atoms with Crippen LogP contribution in [-0.4, -0.2) is 4.98 Å². The molecule has 0 unspecified atom stereocenters. The summed E-state index contributed by atoms with van der Waals surface area (Å²) in [7, 11) is 0. The van der Waals surface area contributed by atoms with Crippen LogP contribution < -0.4 is 0 Å². The zero-order valence-electron chi connectivity index (χ0n) is 6.77. The van der Waals surface area contributed by atoms with Gasteiger partial charge in [0.15, 0.2) is 0 Å². The fourth-order valence-electron chi connectivity index (χ4n) is 0.938. The van der Waals surface area contributed by atoms with E-state index < -0.39 is 6.43 Å². The van der Waals surface area contributed by atoms with Gasteiger partial charge in [-0.3, -0.25) is 4.98 Å². The molecule has 1 aromatic rings. The molecule has 0 bridgehead atoms. The van der Waals surface area contributed by atoms with Crippen LogP contribution in [0.2, 0.25) is 0 Å². The van der Waals surface area contributed by atoms with Crippen LogP contribution in [0.4, 0.5) is 8.78 Å². The topological polar surface area (TPSA) is 36.7 Å². The fourth-order valence-corrected chi connectivity index (χ4v) is 2.22. The highest BCUT2D eigenvalue weighted by molar-refractivity contribution is 14.1. The van der Waals surface area contributed by atoms with E-state index in [1.54, 1.807) is 28.7 Å². The molecule has 0 radical (unpaired) electrons. The van der Waals surface area contributed by atoms with E-state index in [-0.39, 0.29) is 20.6 Å². The number of aromatic nitrogens is 1. The van der Waals surface area contributed by atoms with Crippen molar-refractivity contribution in [3.05, 3.63) is 26.6 Å². The molecule has 0 saturated carbocycles. The first kappa shape index (κ1) is 11.6. The molecule has 0 fully saturated rings. The van der Waals surface area contributed by atoms with Gasteiger partial charge >= 0.3 is 0 Å². The molecule has 6 heteroatoms. The van der Waals surface area contributed by atoms with Crippen LogP contribution in [-0.2, 0) is 5.88 Å². The second-order valence-corrected chi connectivity index (χ2v) is 3.74. The molecule has 0 aromatic carbocycles. The minimum absolute atomic E-state index is 0.0592. The largest absolute Gasteiger partial charge is 0.266 e. The zero-order valence-corrected chi connectivity index (χ0v) is 9.68. The summed E-state index contributed by atoms with van der Waals surface area (Å²) in [4.78, 5) is 3.82. The van der Waals surface area contributed by atoms with Gasteiger partial charge < -0.3 is 0 Å². The van der Waals surface area contributed by atoms with Crippen molar-refractivity contribution in [3.8, 4) is 6.07 Å². The van der Waals surface area contributed by atoms with Gasteiger partial charge in [-0.1, -0.05) is 0 Å². The van der Waals surface area contributed by atoms with Crippen LogP contribution >= 0.6 is 34.2 Å². The number of nitriles is 1. The summed E-state index contributed by atoms with van der Waals surface area (Å²) < 4.78 is 25.4. The van der Waals surface area contributed by atoms with Gasteiger partial charge in [-0.15, -0.1) is 11.6 Å². The SMILES string of the molecule is N#Cc1cnc(CCl)c(I)c1C(F)F. The Bertz CT molecular complexity index is 390. The van der Waals surface area contributed by atoms with Crippen LogP contribution in [0.3, 0.4) is 0 Å². The van der Waals surface area contributed by atoms with Crippen LogP contribution in [0.25, 0.3) is 0 Å². The molecule has 14 heavy (non-hydrogen) atoms.